The van der Waals surface area contributed by atoms with E-state index in [-0.39, 0.29) is 11.4 Å². The Morgan fingerprint density at radius 1 is 1.33 bits per heavy atom. The molecule has 2 aliphatic heterocycles. The predicted molar refractivity (Wildman–Crippen MR) is 54.2 cm³/mol. The molecule has 2 heterocycles. The van der Waals surface area contributed by atoms with Crippen molar-refractivity contribution in [2.45, 2.75) is 20.3 Å². The maximum Gasteiger partial charge on any atom is 0.338 e. The molecule has 0 aromatic heterocycles. The van der Waals surface area contributed by atoms with Crippen LogP contribution in [0.15, 0.2) is 22.3 Å². The summed E-state index contributed by atoms with van der Waals surface area (Å²) in [5.74, 6) is -0.149. The quantitative estimate of drug-likeness (QED) is 0.565. The molecule has 80 valence electrons. The maximum absolute atomic E-state index is 11.6. The van der Waals surface area contributed by atoms with Crippen molar-refractivity contribution in [3.63, 3.8) is 0 Å². The van der Waals surface area contributed by atoms with Crippen LogP contribution in [0, 0.1) is 5.41 Å². The number of hydrogen-bond donors (Lipinski definition) is 0. The van der Waals surface area contributed by atoms with Gasteiger partial charge in [-0.25, -0.2) is 4.79 Å². The Bertz CT molecular complexity index is 417. The lowest BCUT2D eigenvalue weighted by Crippen LogP contribution is -2.25. The lowest BCUT2D eigenvalue weighted by Gasteiger charge is -2.30. The molecule has 0 aromatic carbocycles. The van der Waals surface area contributed by atoms with Gasteiger partial charge < -0.3 is 9.47 Å². The van der Waals surface area contributed by atoms with Crippen LogP contribution in [-0.2, 0) is 14.3 Å². The summed E-state index contributed by atoms with van der Waals surface area (Å²) >= 11 is 0. The molecule has 1 unspecified atom stereocenters. The monoisotopic (exact) mass is 206 g/mol. The number of rotatable bonds is 0. The second-order valence-electron chi connectivity index (χ2n) is 4.92. The molecular formula is C12H14O3. The van der Waals surface area contributed by atoms with Gasteiger partial charge in [0.25, 0.3) is 0 Å². The highest BCUT2D eigenvalue weighted by atomic mass is 16.5. The summed E-state index contributed by atoms with van der Waals surface area (Å²) < 4.78 is 10.6. The molecule has 1 aliphatic carbocycles. The van der Waals surface area contributed by atoms with Crippen molar-refractivity contribution in [3.8, 4) is 0 Å². The van der Waals surface area contributed by atoms with Crippen LogP contribution in [0.3, 0.4) is 0 Å². The van der Waals surface area contributed by atoms with Gasteiger partial charge >= 0.3 is 5.97 Å². The van der Waals surface area contributed by atoms with Gasteiger partial charge in [-0.2, -0.15) is 0 Å². The van der Waals surface area contributed by atoms with Gasteiger partial charge in [-0.15, -0.1) is 0 Å². The minimum absolute atomic E-state index is 0.108. The van der Waals surface area contributed by atoms with Crippen molar-refractivity contribution in [1.29, 1.82) is 0 Å². The second-order valence-corrected chi connectivity index (χ2v) is 4.92. The van der Waals surface area contributed by atoms with E-state index in [0.717, 1.165) is 29.7 Å². The molecule has 3 rings (SSSR count). The Kier molecular flexibility index (Phi) is 1.67. The minimum atomic E-state index is -0.149. The zero-order chi connectivity index (χ0) is 10.6. The van der Waals surface area contributed by atoms with Gasteiger partial charge in [-0.1, -0.05) is 12.5 Å². The summed E-state index contributed by atoms with van der Waals surface area (Å²) in [6.07, 6.45) is 0.927. The molecule has 3 nitrogen and oxygen atoms in total. The van der Waals surface area contributed by atoms with Crippen LogP contribution >= 0.6 is 0 Å². The van der Waals surface area contributed by atoms with E-state index in [9.17, 15) is 4.79 Å². The van der Waals surface area contributed by atoms with E-state index in [1.54, 1.807) is 0 Å². The highest BCUT2D eigenvalue weighted by Gasteiger charge is 2.45. The lowest BCUT2D eigenvalue weighted by molar-refractivity contribution is -0.135. The molecule has 0 amide bonds. The van der Waals surface area contributed by atoms with Crippen LogP contribution in [0.4, 0.5) is 0 Å². The van der Waals surface area contributed by atoms with Gasteiger partial charge in [0.2, 0.25) is 0 Å². The molecule has 0 N–H and O–H groups in total. The van der Waals surface area contributed by atoms with Crippen molar-refractivity contribution in [2.24, 2.45) is 5.41 Å². The Hall–Kier alpha value is -1.09. The second kappa shape index (κ2) is 2.73. The van der Waals surface area contributed by atoms with Gasteiger partial charge in [-0.3, -0.25) is 0 Å². The van der Waals surface area contributed by atoms with E-state index < -0.39 is 0 Å². The average molecular weight is 206 g/mol. The molecule has 1 atom stereocenters. The van der Waals surface area contributed by atoms with E-state index >= 15 is 0 Å². The minimum Gasteiger partial charge on any atom is -0.457 e. The first-order valence-corrected chi connectivity index (χ1v) is 5.29. The SMILES string of the molecule is CC1=C2C(=O)OCC2=C2COCC2(C)C1. The van der Waals surface area contributed by atoms with E-state index in [1.807, 2.05) is 6.92 Å². The van der Waals surface area contributed by atoms with E-state index in [2.05, 4.69) is 6.92 Å². The van der Waals surface area contributed by atoms with Crippen LogP contribution in [0.1, 0.15) is 20.3 Å². The Morgan fingerprint density at radius 2 is 2.13 bits per heavy atom. The van der Waals surface area contributed by atoms with Crippen LogP contribution in [0.25, 0.3) is 0 Å². The summed E-state index contributed by atoms with van der Waals surface area (Å²) in [6.45, 7) is 6.12. The summed E-state index contributed by atoms with van der Waals surface area (Å²) in [5.41, 5.74) is 4.48. The normalized spacial score (nSPS) is 34.4. The molecule has 0 radical (unpaired) electrons. The molecule has 0 bridgehead atoms. The first-order chi connectivity index (χ1) is 7.12. The zero-order valence-corrected chi connectivity index (χ0v) is 9.05. The van der Waals surface area contributed by atoms with Crippen molar-refractivity contribution >= 4 is 5.97 Å². The Balaban J connectivity index is 2.20. The van der Waals surface area contributed by atoms with Crippen molar-refractivity contribution in [2.75, 3.05) is 19.8 Å². The molecule has 0 saturated carbocycles. The Labute approximate surface area is 88.7 Å². The molecule has 2 fully saturated rings. The smallest absolute Gasteiger partial charge is 0.338 e. The average Bonchev–Trinajstić information content (AvgIpc) is 2.69. The predicted octanol–water partition coefficient (Wildman–Crippen LogP) is 1.60. The first kappa shape index (κ1) is 9.16. The highest BCUT2D eigenvalue weighted by molar-refractivity contribution is 5.98. The van der Waals surface area contributed by atoms with Crippen molar-refractivity contribution < 1.29 is 14.3 Å². The van der Waals surface area contributed by atoms with Gasteiger partial charge in [0.05, 0.1) is 18.8 Å². The summed E-state index contributed by atoms with van der Waals surface area (Å²) in [6, 6.07) is 0. The number of fused-ring (bicyclic) bond motifs is 2. The van der Waals surface area contributed by atoms with Crippen molar-refractivity contribution in [1.82, 2.24) is 0 Å². The number of allylic oxidation sites excluding steroid dienone is 1. The number of cyclic esters (lactones) is 1. The molecule has 0 spiro atoms. The zero-order valence-electron chi connectivity index (χ0n) is 9.05. The van der Waals surface area contributed by atoms with Crippen LogP contribution in [0.2, 0.25) is 0 Å². The molecule has 0 aromatic rings. The number of hydrogen-bond acceptors (Lipinski definition) is 3. The van der Waals surface area contributed by atoms with Gasteiger partial charge in [0.1, 0.15) is 6.61 Å². The lowest BCUT2D eigenvalue weighted by atomic mass is 9.71. The summed E-state index contributed by atoms with van der Waals surface area (Å²) in [4.78, 5) is 11.6. The van der Waals surface area contributed by atoms with Crippen LogP contribution < -0.4 is 0 Å². The molecular weight excluding hydrogens is 192 g/mol. The van der Waals surface area contributed by atoms with E-state index in [0.29, 0.717) is 13.2 Å². The fourth-order valence-electron chi connectivity index (χ4n) is 3.00. The van der Waals surface area contributed by atoms with Crippen LogP contribution in [-0.4, -0.2) is 25.8 Å². The number of esters is 1. The molecule has 15 heavy (non-hydrogen) atoms. The maximum atomic E-state index is 11.6. The van der Waals surface area contributed by atoms with Gasteiger partial charge in [-0.05, 0) is 18.9 Å². The third-order valence-electron chi connectivity index (χ3n) is 3.70. The fourth-order valence-corrected chi connectivity index (χ4v) is 3.00. The summed E-state index contributed by atoms with van der Waals surface area (Å²) in [5, 5.41) is 0. The van der Waals surface area contributed by atoms with E-state index in [4.69, 9.17) is 9.47 Å². The first-order valence-electron chi connectivity index (χ1n) is 5.29. The van der Waals surface area contributed by atoms with E-state index in [1.165, 1.54) is 5.57 Å². The molecule has 3 aliphatic rings. The standard InChI is InChI=1S/C12H14O3/c1-7-3-12(2)6-14-5-9(12)8-4-15-11(13)10(7)8/h3-6H2,1-2H3. The number of ether oxygens (including phenoxy) is 2. The molecule has 2 saturated heterocycles. The van der Waals surface area contributed by atoms with Crippen molar-refractivity contribution in [3.05, 3.63) is 22.3 Å². The topological polar surface area (TPSA) is 35.5 Å². The number of carbonyl (C=O) groups excluding carboxylic acids is 1. The fraction of sp³-hybridized carbons (Fsp3) is 0.583. The Morgan fingerprint density at radius 3 is 2.93 bits per heavy atom. The van der Waals surface area contributed by atoms with Crippen LogP contribution in [0.5, 0.6) is 0 Å². The van der Waals surface area contributed by atoms with Gasteiger partial charge in [0, 0.05) is 11.0 Å². The third-order valence-corrected chi connectivity index (χ3v) is 3.70. The van der Waals surface area contributed by atoms with Gasteiger partial charge in [0.15, 0.2) is 0 Å². The molecule has 3 heteroatoms. The third kappa shape index (κ3) is 1.07. The summed E-state index contributed by atoms with van der Waals surface area (Å²) in [7, 11) is 0. The number of carbonyl (C=O) groups is 1. The largest absolute Gasteiger partial charge is 0.457 e. The highest BCUT2D eigenvalue weighted by Crippen LogP contribution is 2.48.